The average Bonchev–Trinajstić information content (AvgIpc) is 2.54. The molecule has 120 valence electrons. The van der Waals surface area contributed by atoms with Crippen LogP contribution in [0.2, 0.25) is 0 Å². The van der Waals surface area contributed by atoms with Gasteiger partial charge in [0.15, 0.2) is 9.84 Å². The molecule has 1 fully saturated rings. The number of hydrogen-bond donors (Lipinski definition) is 1. The first-order valence-corrected chi connectivity index (χ1v) is 9.19. The molecule has 1 aromatic rings. The molecule has 22 heavy (non-hydrogen) atoms. The molecule has 1 aromatic carbocycles. The maximum atomic E-state index is 12.4. The molecular formula is C16H22N2O3S. The first-order chi connectivity index (χ1) is 10.5. The van der Waals surface area contributed by atoms with Crippen LogP contribution >= 0.6 is 0 Å². The topological polar surface area (TPSA) is 81.4 Å². The van der Waals surface area contributed by atoms with E-state index in [0.717, 1.165) is 19.4 Å². The van der Waals surface area contributed by atoms with E-state index in [1.807, 2.05) is 6.07 Å². The molecule has 1 aliphatic rings. The zero-order valence-corrected chi connectivity index (χ0v) is 13.6. The minimum atomic E-state index is -3.40. The molecular weight excluding hydrogens is 300 g/mol. The van der Waals surface area contributed by atoms with Crippen LogP contribution in [0.5, 0.6) is 0 Å². The standard InChI is InChI=1S/C16H22N2O3S/c1-13-5-6-15(12-19)11-18(13)7-8-22(20,21)16-4-2-3-14(9-16)10-17/h2-4,9,13,15,19H,5-8,11-12H2,1H3. The van der Waals surface area contributed by atoms with Gasteiger partial charge in [-0.25, -0.2) is 8.42 Å². The Morgan fingerprint density at radius 2 is 2.18 bits per heavy atom. The van der Waals surface area contributed by atoms with Crippen LogP contribution in [-0.4, -0.2) is 49.9 Å². The Kier molecular flexibility index (Phi) is 5.57. The number of nitriles is 1. The summed E-state index contributed by atoms with van der Waals surface area (Å²) in [4.78, 5) is 2.34. The lowest BCUT2D eigenvalue weighted by atomic mass is 9.94. The molecule has 1 aliphatic heterocycles. The van der Waals surface area contributed by atoms with Crippen LogP contribution in [0.15, 0.2) is 29.2 Å². The lowest BCUT2D eigenvalue weighted by Gasteiger charge is -2.37. The van der Waals surface area contributed by atoms with Crippen molar-refractivity contribution in [3.8, 4) is 6.07 Å². The second-order valence-corrected chi connectivity index (χ2v) is 8.04. The third-order valence-electron chi connectivity index (χ3n) is 4.34. The van der Waals surface area contributed by atoms with Crippen molar-refractivity contribution in [2.24, 2.45) is 5.92 Å². The summed E-state index contributed by atoms with van der Waals surface area (Å²) >= 11 is 0. The molecule has 2 rings (SSSR count). The predicted octanol–water partition coefficient (Wildman–Crippen LogP) is 1.42. The minimum absolute atomic E-state index is 0.0321. The second-order valence-electron chi connectivity index (χ2n) is 5.93. The average molecular weight is 322 g/mol. The maximum absolute atomic E-state index is 12.4. The number of likely N-dealkylation sites (tertiary alicyclic amines) is 1. The fraction of sp³-hybridized carbons (Fsp3) is 0.562. The van der Waals surface area contributed by atoms with Crippen LogP contribution in [0.3, 0.4) is 0 Å². The number of aliphatic hydroxyl groups is 1. The van der Waals surface area contributed by atoms with Crippen molar-refractivity contribution in [2.45, 2.75) is 30.7 Å². The molecule has 0 saturated carbocycles. The Balaban J connectivity index is 2.04. The summed E-state index contributed by atoms with van der Waals surface area (Å²) in [5.74, 6) is 0.269. The van der Waals surface area contributed by atoms with Crippen molar-refractivity contribution in [1.29, 1.82) is 5.26 Å². The number of aliphatic hydroxyl groups excluding tert-OH is 1. The van der Waals surface area contributed by atoms with E-state index in [0.29, 0.717) is 18.2 Å². The number of benzene rings is 1. The van der Waals surface area contributed by atoms with E-state index in [1.165, 1.54) is 12.1 Å². The lowest BCUT2D eigenvalue weighted by molar-refractivity contribution is 0.0879. The number of piperidine rings is 1. The molecule has 1 heterocycles. The zero-order valence-electron chi connectivity index (χ0n) is 12.8. The molecule has 0 aliphatic carbocycles. The number of hydrogen-bond acceptors (Lipinski definition) is 5. The minimum Gasteiger partial charge on any atom is -0.396 e. The Bertz CT molecular complexity index is 652. The molecule has 0 amide bonds. The molecule has 1 N–H and O–H groups in total. The normalized spacial score (nSPS) is 23.1. The molecule has 0 bridgehead atoms. The number of sulfone groups is 1. The molecule has 2 atom stereocenters. The summed E-state index contributed by atoms with van der Waals surface area (Å²) in [5, 5.41) is 18.2. The van der Waals surface area contributed by atoms with Gasteiger partial charge in [-0.2, -0.15) is 5.26 Å². The zero-order chi connectivity index (χ0) is 16.2. The van der Waals surface area contributed by atoms with Gasteiger partial charge in [0.05, 0.1) is 22.3 Å². The van der Waals surface area contributed by atoms with Gasteiger partial charge in [-0.3, -0.25) is 4.90 Å². The molecule has 6 heteroatoms. The fourth-order valence-corrected chi connectivity index (χ4v) is 4.14. The maximum Gasteiger partial charge on any atom is 0.179 e. The van der Waals surface area contributed by atoms with Crippen LogP contribution in [0.4, 0.5) is 0 Å². The summed E-state index contributed by atoms with van der Waals surface area (Å²) in [6.45, 7) is 3.44. The second kappa shape index (κ2) is 7.23. The highest BCUT2D eigenvalue weighted by Gasteiger charge is 2.26. The smallest absolute Gasteiger partial charge is 0.179 e. The van der Waals surface area contributed by atoms with Gasteiger partial charge in [-0.05, 0) is 43.9 Å². The number of rotatable bonds is 5. The van der Waals surface area contributed by atoms with Crippen molar-refractivity contribution < 1.29 is 13.5 Å². The van der Waals surface area contributed by atoms with Crippen molar-refractivity contribution in [2.75, 3.05) is 25.4 Å². The van der Waals surface area contributed by atoms with E-state index in [2.05, 4.69) is 11.8 Å². The van der Waals surface area contributed by atoms with Gasteiger partial charge < -0.3 is 5.11 Å². The summed E-state index contributed by atoms with van der Waals surface area (Å²) in [6.07, 6.45) is 1.97. The van der Waals surface area contributed by atoms with Crippen LogP contribution < -0.4 is 0 Å². The largest absolute Gasteiger partial charge is 0.396 e. The van der Waals surface area contributed by atoms with E-state index in [9.17, 15) is 13.5 Å². The Morgan fingerprint density at radius 1 is 1.41 bits per heavy atom. The fourth-order valence-electron chi connectivity index (χ4n) is 2.84. The predicted molar refractivity (Wildman–Crippen MR) is 84.1 cm³/mol. The molecule has 2 unspecified atom stereocenters. The third kappa shape index (κ3) is 4.07. The van der Waals surface area contributed by atoms with Crippen molar-refractivity contribution >= 4 is 9.84 Å². The Hall–Kier alpha value is -1.42. The summed E-state index contributed by atoms with van der Waals surface area (Å²) in [5.41, 5.74) is 0.354. The van der Waals surface area contributed by atoms with Gasteiger partial charge >= 0.3 is 0 Å². The highest BCUT2D eigenvalue weighted by Crippen LogP contribution is 2.22. The molecule has 0 aromatic heterocycles. The van der Waals surface area contributed by atoms with E-state index in [1.54, 1.807) is 12.1 Å². The van der Waals surface area contributed by atoms with Crippen molar-refractivity contribution in [3.63, 3.8) is 0 Å². The number of nitrogens with zero attached hydrogens (tertiary/aromatic N) is 2. The van der Waals surface area contributed by atoms with E-state index in [-0.39, 0.29) is 23.2 Å². The SMILES string of the molecule is CC1CCC(CO)CN1CCS(=O)(=O)c1cccc(C#N)c1. The summed E-state index contributed by atoms with van der Waals surface area (Å²) in [7, 11) is -3.40. The first kappa shape index (κ1) is 16.9. The van der Waals surface area contributed by atoms with E-state index < -0.39 is 9.84 Å². The van der Waals surface area contributed by atoms with Gasteiger partial charge in [-0.15, -0.1) is 0 Å². The quantitative estimate of drug-likeness (QED) is 0.887. The molecule has 0 radical (unpaired) electrons. The highest BCUT2D eigenvalue weighted by molar-refractivity contribution is 7.91. The van der Waals surface area contributed by atoms with Gasteiger partial charge in [-0.1, -0.05) is 6.07 Å². The summed E-state index contributed by atoms with van der Waals surface area (Å²) < 4.78 is 24.8. The van der Waals surface area contributed by atoms with Gasteiger partial charge in [0.2, 0.25) is 0 Å². The van der Waals surface area contributed by atoms with Crippen LogP contribution in [0, 0.1) is 17.2 Å². The van der Waals surface area contributed by atoms with Gasteiger partial charge in [0, 0.05) is 25.7 Å². The monoisotopic (exact) mass is 322 g/mol. The Morgan fingerprint density at radius 3 is 2.86 bits per heavy atom. The van der Waals surface area contributed by atoms with Crippen LogP contribution in [-0.2, 0) is 9.84 Å². The van der Waals surface area contributed by atoms with Crippen LogP contribution in [0.25, 0.3) is 0 Å². The van der Waals surface area contributed by atoms with Crippen LogP contribution in [0.1, 0.15) is 25.3 Å². The van der Waals surface area contributed by atoms with Gasteiger partial charge in [0.1, 0.15) is 0 Å². The molecule has 1 saturated heterocycles. The lowest BCUT2D eigenvalue weighted by Crippen LogP contribution is -2.44. The van der Waals surface area contributed by atoms with E-state index >= 15 is 0 Å². The summed E-state index contributed by atoms with van der Waals surface area (Å²) in [6, 6.07) is 8.44. The van der Waals surface area contributed by atoms with Crippen molar-refractivity contribution in [3.05, 3.63) is 29.8 Å². The van der Waals surface area contributed by atoms with Crippen molar-refractivity contribution in [1.82, 2.24) is 4.90 Å². The third-order valence-corrected chi connectivity index (χ3v) is 6.03. The first-order valence-electron chi connectivity index (χ1n) is 7.54. The van der Waals surface area contributed by atoms with E-state index in [4.69, 9.17) is 5.26 Å². The molecule has 5 nitrogen and oxygen atoms in total. The highest BCUT2D eigenvalue weighted by atomic mass is 32.2. The molecule has 0 spiro atoms. The Labute approximate surface area is 132 Å². The van der Waals surface area contributed by atoms with Gasteiger partial charge in [0.25, 0.3) is 0 Å².